The molecule has 5 nitrogen and oxygen atoms in total. The molecular weight excluding hydrogens is 189 g/mol. The average molecular weight is 201 g/mol. The molecule has 1 aromatic heterocycles. The van der Waals surface area contributed by atoms with E-state index in [0.29, 0.717) is 5.82 Å². The summed E-state index contributed by atoms with van der Waals surface area (Å²) in [5.74, 6) is 0.228. The Labute approximate surface area is 80.9 Å². The molecule has 0 aliphatic heterocycles. The standard InChI is InChI=1S/C8H12FN3O2/c1-14-8(13)6-10-7-2-4-11-12(7)5-3-9/h2,4,10H,3,5-6H2,1H3. The number of aromatic nitrogens is 2. The number of hydrogen-bond donors (Lipinski definition) is 1. The number of anilines is 1. The van der Waals surface area contributed by atoms with Gasteiger partial charge < -0.3 is 10.1 Å². The maximum Gasteiger partial charge on any atom is 0.325 e. The highest BCUT2D eigenvalue weighted by Gasteiger charge is 2.04. The lowest BCUT2D eigenvalue weighted by Gasteiger charge is -2.06. The van der Waals surface area contributed by atoms with Crippen LogP contribution < -0.4 is 5.32 Å². The molecule has 0 saturated carbocycles. The first-order valence-corrected chi connectivity index (χ1v) is 4.16. The summed E-state index contributed by atoms with van der Waals surface area (Å²) >= 11 is 0. The Kier molecular flexibility index (Phi) is 3.90. The molecule has 0 aliphatic carbocycles. The molecule has 1 aromatic rings. The van der Waals surface area contributed by atoms with Crippen molar-refractivity contribution >= 4 is 11.8 Å². The van der Waals surface area contributed by atoms with Crippen LogP contribution in [0.15, 0.2) is 12.3 Å². The summed E-state index contributed by atoms with van der Waals surface area (Å²) in [5, 5.41) is 6.66. The fourth-order valence-electron chi connectivity index (χ4n) is 0.976. The third-order valence-corrected chi connectivity index (χ3v) is 1.65. The first kappa shape index (κ1) is 10.5. The van der Waals surface area contributed by atoms with Gasteiger partial charge in [-0.15, -0.1) is 0 Å². The fraction of sp³-hybridized carbons (Fsp3) is 0.500. The van der Waals surface area contributed by atoms with E-state index < -0.39 is 6.67 Å². The molecule has 0 aliphatic rings. The molecule has 0 fully saturated rings. The van der Waals surface area contributed by atoms with E-state index in [9.17, 15) is 9.18 Å². The van der Waals surface area contributed by atoms with E-state index in [1.807, 2.05) is 0 Å². The van der Waals surface area contributed by atoms with Gasteiger partial charge in [-0.1, -0.05) is 0 Å². The Balaban J connectivity index is 2.49. The molecule has 1 heterocycles. The number of methoxy groups -OCH3 is 1. The van der Waals surface area contributed by atoms with Gasteiger partial charge in [-0.25, -0.2) is 9.07 Å². The summed E-state index contributed by atoms with van der Waals surface area (Å²) in [6.07, 6.45) is 1.54. The molecule has 0 unspecified atom stereocenters. The van der Waals surface area contributed by atoms with E-state index in [0.717, 1.165) is 0 Å². The molecule has 1 N–H and O–H groups in total. The summed E-state index contributed by atoms with van der Waals surface area (Å²) in [6, 6.07) is 1.67. The van der Waals surface area contributed by atoms with Crippen molar-refractivity contribution in [1.29, 1.82) is 0 Å². The molecule has 0 saturated heterocycles. The van der Waals surface area contributed by atoms with Gasteiger partial charge >= 0.3 is 5.97 Å². The van der Waals surface area contributed by atoms with Crippen molar-refractivity contribution in [2.75, 3.05) is 25.6 Å². The van der Waals surface area contributed by atoms with E-state index in [1.165, 1.54) is 18.0 Å². The Morgan fingerprint density at radius 3 is 3.21 bits per heavy atom. The number of hydrogen-bond acceptors (Lipinski definition) is 4. The van der Waals surface area contributed by atoms with Gasteiger partial charge in [0.1, 0.15) is 19.0 Å². The highest BCUT2D eigenvalue weighted by atomic mass is 19.1. The van der Waals surface area contributed by atoms with Crippen LogP contribution in [0, 0.1) is 0 Å². The van der Waals surface area contributed by atoms with Crippen molar-refractivity contribution < 1.29 is 13.9 Å². The third kappa shape index (κ3) is 2.72. The number of nitrogens with zero attached hydrogens (tertiary/aromatic N) is 2. The molecular formula is C8H12FN3O2. The van der Waals surface area contributed by atoms with Gasteiger partial charge in [0.25, 0.3) is 0 Å². The molecule has 0 spiro atoms. The fourth-order valence-corrected chi connectivity index (χ4v) is 0.976. The second-order valence-corrected chi connectivity index (χ2v) is 2.56. The summed E-state index contributed by atoms with van der Waals surface area (Å²) < 4.78 is 17.9. The zero-order valence-corrected chi connectivity index (χ0v) is 7.86. The Bertz CT molecular complexity index is 301. The maximum absolute atomic E-state index is 12.0. The lowest BCUT2D eigenvalue weighted by Crippen LogP contribution is -2.17. The number of alkyl halides is 1. The SMILES string of the molecule is COC(=O)CNc1ccnn1CCF. The van der Waals surface area contributed by atoms with Crippen LogP contribution in [0.25, 0.3) is 0 Å². The van der Waals surface area contributed by atoms with Crippen molar-refractivity contribution in [3.63, 3.8) is 0 Å². The highest BCUT2D eigenvalue weighted by Crippen LogP contribution is 2.05. The molecule has 0 aromatic carbocycles. The van der Waals surface area contributed by atoms with Gasteiger partial charge in [0.05, 0.1) is 19.9 Å². The monoisotopic (exact) mass is 201 g/mol. The molecule has 6 heteroatoms. The predicted molar refractivity (Wildman–Crippen MR) is 48.7 cm³/mol. The quantitative estimate of drug-likeness (QED) is 0.702. The summed E-state index contributed by atoms with van der Waals surface area (Å²) in [5.41, 5.74) is 0. The van der Waals surface area contributed by atoms with E-state index in [4.69, 9.17) is 0 Å². The molecule has 78 valence electrons. The Morgan fingerprint density at radius 2 is 2.57 bits per heavy atom. The highest BCUT2D eigenvalue weighted by molar-refractivity contribution is 5.74. The minimum absolute atomic E-state index is 0.0501. The second-order valence-electron chi connectivity index (χ2n) is 2.56. The minimum atomic E-state index is -0.491. The van der Waals surface area contributed by atoms with Crippen molar-refractivity contribution in [3.8, 4) is 0 Å². The van der Waals surface area contributed by atoms with E-state index in [2.05, 4.69) is 15.2 Å². The molecule has 0 atom stereocenters. The zero-order chi connectivity index (χ0) is 10.4. The minimum Gasteiger partial charge on any atom is -0.468 e. The van der Waals surface area contributed by atoms with Gasteiger partial charge in [-0.05, 0) is 0 Å². The number of carbonyl (C=O) groups is 1. The molecule has 14 heavy (non-hydrogen) atoms. The van der Waals surface area contributed by atoms with E-state index in [-0.39, 0.29) is 19.1 Å². The van der Waals surface area contributed by atoms with Crippen LogP contribution in [0.4, 0.5) is 10.2 Å². The van der Waals surface area contributed by atoms with Gasteiger partial charge in [0, 0.05) is 6.07 Å². The van der Waals surface area contributed by atoms with E-state index >= 15 is 0 Å². The summed E-state index contributed by atoms with van der Waals surface area (Å²) in [6.45, 7) is -0.264. The van der Waals surface area contributed by atoms with Crippen molar-refractivity contribution in [2.45, 2.75) is 6.54 Å². The molecule has 0 radical (unpaired) electrons. The number of aryl methyl sites for hydroxylation is 1. The van der Waals surface area contributed by atoms with E-state index in [1.54, 1.807) is 6.07 Å². The van der Waals surface area contributed by atoms with Crippen molar-refractivity contribution in [3.05, 3.63) is 12.3 Å². The molecule has 1 rings (SSSR count). The van der Waals surface area contributed by atoms with Crippen LogP contribution in [0.1, 0.15) is 0 Å². The van der Waals surface area contributed by atoms with Crippen molar-refractivity contribution in [1.82, 2.24) is 9.78 Å². The van der Waals surface area contributed by atoms with Gasteiger partial charge in [0.15, 0.2) is 0 Å². The van der Waals surface area contributed by atoms with Gasteiger partial charge in [-0.2, -0.15) is 5.10 Å². The molecule has 0 bridgehead atoms. The first-order chi connectivity index (χ1) is 6.77. The average Bonchev–Trinajstić information content (AvgIpc) is 2.62. The smallest absolute Gasteiger partial charge is 0.325 e. The second kappa shape index (κ2) is 5.21. The lowest BCUT2D eigenvalue weighted by atomic mass is 10.5. The number of nitrogens with one attached hydrogen (secondary N) is 1. The largest absolute Gasteiger partial charge is 0.468 e. The Hall–Kier alpha value is -1.59. The number of ether oxygens (including phenoxy) is 1. The topological polar surface area (TPSA) is 56.1 Å². The van der Waals surface area contributed by atoms with Crippen LogP contribution in [-0.2, 0) is 16.1 Å². The van der Waals surface area contributed by atoms with Crippen LogP contribution in [0.5, 0.6) is 0 Å². The van der Waals surface area contributed by atoms with Crippen LogP contribution >= 0.6 is 0 Å². The zero-order valence-electron chi connectivity index (χ0n) is 7.86. The number of rotatable bonds is 5. The van der Waals surface area contributed by atoms with Crippen LogP contribution in [0.2, 0.25) is 0 Å². The maximum atomic E-state index is 12.0. The summed E-state index contributed by atoms with van der Waals surface area (Å²) in [7, 11) is 1.31. The molecule has 0 amide bonds. The lowest BCUT2D eigenvalue weighted by molar-refractivity contribution is -0.138. The van der Waals surface area contributed by atoms with Crippen molar-refractivity contribution in [2.24, 2.45) is 0 Å². The predicted octanol–water partition coefficient (Wildman–Crippen LogP) is 0.437. The first-order valence-electron chi connectivity index (χ1n) is 4.16. The van der Waals surface area contributed by atoms with Gasteiger partial charge in [-0.3, -0.25) is 4.79 Å². The Morgan fingerprint density at radius 1 is 1.79 bits per heavy atom. The number of halogens is 1. The van der Waals surface area contributed by atoms with Crippen LogP contribution in [0.3, 0.4) is 0 Å². The number of esters is 1. The third-order valence-electron chi connectivity index (χ3n) is 1.65. The van der Waals surface area contributed by atoms with Gasteiger partial charge in [0.2, 0.25) is 0 Å². The number of carbonyl (C=O) groups excluding carboxylic acids is 1. The van der Waals surface area contributed by atoms with Crippen LogP contribution in [-0.4, -0.2) is 36.1 Å². The summed E-state index contributed by atoms with van der Waals surface area (Å²) in [4.78, 5) is 10.8. The normalized spacial score (nSPS) is 9.86.